The highest BCUT2D eigenvalue weighted by Crippen LogP contribution is 2.46. The third kappa shape index (κ3) is 4.62. The molecule has 2 aromatic rings. The molecular weight excluding hydrogens is 509 g/mol. The summed E-state index contributed by atoms with van der Waals surface area (Å²) in [4.78, 5) is 23.9. The number of halogens is 3. The van der Waals surface area contributed by atoms with Crippen LogP contribution < -0.4 is 19.9 Å². The third-order valence-electron chi connectivity index (χ3n) is 5.80. The van der Waals surface area contributed by atoms with E-state index in [1.165, 1.54) is 0 Å². The summed E-state index contributed by atoms with van der Waals surface area (Å²) in [5, 5.41) is 22.0. The minimum Gasteiger partial charge on any atom is -0.545 e. The van der Waals surface area contributed by atoms with Crippen molar-refractivity contribution in [1.29, 1.82) is 0 Å². The summed E-state index contributed by atoms with van der Waals surface area (Å²) in [6.07, 6.45) is 0. The smallest absolute Gasteiger partial charge is 0.313 e. The van der Waals surface area contributed by atoms with E-state index < -0.39 is 51.2 Å². The van der Waals surface area contributed by atoms with Gasteiger partial charge >= 0.3 is 5.97 Å². The fraction of sp³-hybridized carbons (Fsp3) is 0.192. The number of carbonyl (C=O) groups excluding carboxylic acids is 1. The van der Waals surface area contributed by atoms with Gasteiger partial charge in [-0.3, -0.25) is 4.79 Å². The van der Waals surface area contributed by atoms with E-state index in [9.17, 15) is 19.1 Å². The lowest BCUT2D eigenvalue weighted by atomic mass is 9.89. The van der Waals surface area contributed by atoms with Crippen LogP contribution in [0.3, 0.4) is 0 Å². The highest BCUT2D eigenvalue weighted by Gasteiger charge is 2.31. The Labute approximate surface area is 213 Å². The molecule has 7 nitrogen and oxygen atoms in total. The quantitative estimate of drug-likeness (QED) is 0.177. The Balaban J connectivity index is 2.24. The highest BCUT2D eigenvalue weighted by molar-refractivity contribution is 8.00. The van der Waals surface area contributed by atoms with Gasteiger partial charge in [-0.2, -0.15) is 0 Å². The summed E-state index contributed by atoms with van der Waals surface area (Å²) in [6, 6.07) is 9.78. The lowest BCUT2D eigenvalue weighted by Crippen LogP contribution is -2.26. The van der Waals surface area contributed by atoms with Gasteiger partial charge in [-0.15, -0.1) is 11.8 Å². The van der Waals surface area contributed by atoms with Gasteiger partial charge in [0.1, 0.15) is 31.3 Å². The van der Waals surface area contributed by atoms with Crippen molar-refractivity contribution in [2.24, 2.45) is 0 Å². The second-order valence-electron chi connectivity index (χ2n) is 8.62. The number of benzene rings is 3. The van der Waals surface area contributed by atoms with Crippen molar-refractivity contribution in [3.8, 4) is 22.5 Å². The number of carboxylic acid groups (broad SMARTS) is 2. The molecule has 0 radical (unpaired) electrons. The molecule has 11 heteroatoms. The van der Waals surface area contributed by atoms with Crippen LogP contribution in [0.15, 0.2) is 45.7 Å². The molecule has 1 N–H and O–H groups in total. The Morgan fingerprint density at radius 1 is 1.03 bits per heavy atom. The van der Waals surface area contributed by atoms with Crippen molar-refractivity contribution in [1.82, 2.24) is 4.58 Å². The standard InChI is InChI=1S/C26H21F3N2O5S/c1-30(2)12-5-7-14-16(9-12)36-17-10-13(31(3)4)6-8-15(17)19(14)20-21(26(34)35)22(27)24(29)25(23(20)28)37-11-18(32)33/h5-10H,11H2,1-4H3,(H-,32,33,34,35). The average molecular weight is 531 g/mol. The number of carbonyl (C=O) groups is 2. The second kappa shape index (κ2) is 9.81. The van der Waals surface area contributed by atoms with E-state index in [0.29, 0.717) is 11.0 Å². The van der Waals surface area contributed by atoms with Crippen molar-refractivity contribution in [2.45, 2.75) is 4.90 Å². The minimum absolute atomic E-state index is 0.0559. The maximum absolute atomic E-state index is 16.0. The molecule has 37 heavy (non-hydrogen) atoms. The molecule has 2 aromatic carbocycles. The molecule has 1 aliphatic carbocycles. The van der Waals surface area contributed by atoms with Crippen molar-refractivity contribution >= 4 is 40.4 Å². The summed E-state index contributed by atoms with van der Waals surface area (Å²) in [6.45, 7) is 0. The maximum atomic E-state index is 16.0. The molecule has 0 fully saturated rings. The first-order valence-electron chi connectivity index (χ1n) is 10.9. The predicted molar refractivity (Wildman–Crippen MR) is 132 cm³/mol. The van der Waals surface area contributed by atoms with Crippen LogP contribution in [-0.2, 0) is 4.79 Å². The van der Waals surface area contributed by atoms with Crippen molar-refractivity contribution in [2.75, 3.05) is 38.8 Å². The molecule has 4 rings (SSSR count). The summed E-state index contributed by atoms with van der Waals surface area (Å²) in [7, 11) is 7.18. The number of rotatable bonds is 6. The number of aromatic carboxylic acids is 1. The zero-order valence-electron chi connectivity index (χ0n) is 20.2. The van der Waals surface area contributed by atoms with Crippen LogP contribution in [0.1, 0.15) is 10.4 Å². The molecule has 0 atom stereocenters. The number of anilines is 1. The number of hydrogen-bond acceptors (Lipinski definition) is 6. The van der Waals surface area contributed by atoms with Crippen LogP contribution >= 0.6 is 11.8 Å². The highest BCUT2D eigenvalue weighted by atomic mass is 32.2. The molecule has 2 aliphatic rings. The van der Waals surface area contributed by atoms with Crippen molar-refractivity contribution in [3.63, 3.8) is 0 Å². The molecule has 1 heterocycles. The molecule has 0 unspecified atom stereocenters. The third-order valence-corrected chi connectivity index (χ3v) is 6.83. The topological polar surface area (TPSA) is 96.8 Å². The van der Waals surface area contributed by atoms with Gasteiger partial charge in [0.25, 0.3) is 0 Å². The van der Waals surface area contributed by atoms with Gasteiger partial charge in [0, 0.05) is 59.6 Å². The van der Waals surface area contributed by atoms with Crippen molar-refractivity contribution in [3.05, 3.63) is 64.8 Å². The van der Waals surface area contributed by atoms with E-state index in [1.807, 2.05) is 0 Å². The monoisotopic (exact) mass is 530 g/mol. The van der Waals surface area contributed by atoms with Gasteiger partial charge in [0.05, 0.1) is 22.7 Å². The molecular formula is C26H21F3N2O5S. The number of hydrogen-bond donors (Lipinski definition) is 1. The summed E-state index contributed by atoms with van der Waals surface area (Å²) >= 11 is 0.209. The van der Waals surface area contributed by atoms with Crippen LogP contribution in [-0.4, -0.2) is 51.0 Å². The predicted octanol–water partition coefficient (Wildman–Crippen LogP) is 3.26. The molecule has 0 bridgehead atoms. The van der Waals surface area contributed by atoms with Gasteiger partial charge in [-0.25, -0.2) is 17.7 Å². The van der Waals surface area contributed by atoms with Gasteiger partial charge in [0.2, 0.25) is 5.36 Å². The maximum Gasteiger partial charge on any atom is 0.313 e. The van der Waals surface area contributed by atoms with Gasteiger partial charge in [-0.1, -0.05) is 0 Å². The summed E-state index contributed by atoms with van der Waals surface area (Å²) in [5.41, 5.74) is -0.937. The molecule has 0 saturated heterocycles. The molecule has 0 aromatic heterocycles. The fourth-order valence-corrected chi connectivity index (χ4v) is 4.73. The number of aliphatic carboxylic acids is 1. The Hall–Kier alpha value is -3.99. The largest absolute Gasteiger partial charge is 0.545 e. The number of thioether (sulfide) groups is 1. The van der Waals surface area contributed by atoms with Gasteiger partial charge < -0.3 is 24.3 Å². The Kier molecular flexibility index (Phi) is 6.92. The van der Waals surface area contributed by atoms with Crippen molar-refractivity contribution < 1.29 is 37.4 Å². The van der Waals surface area contributed by atoms with E-state index in [4.69, 9.17) is 9.52 Å². The van der Waals surface area contributed by atoms with E-state index >= 15 is 8.78 Å². The van der Waals surface area contributed by atoms with Crippen LogP contribution in [0, 0.1) is 17.5 Å². The van der Waals surface area contributed by atoms with E-state index in [-0.39, 0.29) is 39.6 Å². The number of carboxylic acids is 2. The first kappa shape index (κ1) is 26.1. The first-order valence-corrected chi connectivity index (χ1v) is 11.9. The Morgan fingerprint density at radius 2 is 1.73 bits per heavy atom. The van der Waals surface area contributed by atoms with Crippen LogP contribution in [0.2, 0.25) is 0 Å². The van der Waals surface area contributed by atoms with Crippen LogP contribution in [0.5, 0.6) is 0 Å². The lowest BCUT2D eigenvalue weighted by molar-refractivity contribution is -0.255. The Morgan fingerprint density at radius 3 is 2.32 bits per heavy atom. The molecule has 1 aliphatic heterocycles. The fourth-order valence-electron chi connectivity index (χ4n) is 4.02. The second-order valence-corrected chi connectivity index (χ2v) is 9.60. The summed E-state index contributed by atoms with van der Waals surface area (Å²) < 4.78 is 53.8. The zero-order chi connectivity index (χ0) is 27.2. The number of fused-ring (bicyclic) bond motifs is 2. The molecule has 0 saturated carbocycles. The van der Waals surface area contributed by atoms with E-state index in [0.717, 1.165) is 0 Å². The van der Waals surface area contributed by atoms with Crippen LogP contribution in [0.4, 0.5) is 18.9 Å². The number of nitrogens with zero attached hydrogens (tertiary/aromatic N) is 2. The van der Waals surface area contributed by atoms with Crippen LogP contribution in [0.25, 0.3) is 33.4 Å². The lowest BCUT2D eigenvalue weighted by Gasteiger charge is -2.22. The SMILES string of the molecule is CN(C)c1ccc2c(-c3c(F)c(SCC(=O)O)c(F)c(F)c3C(=O)[O-])c3ccc(=[N+](C)C)cc-3oc2c1. The molecule has 192 valence electrons. The zero-order valence-corrected chi connectivity index (χ0v) is 21.0. The van der Waals surface area contributed by atoms with E-state index in [2.05, 4.69) is 0 Å². The molecule has 0 spiro atoms. The first-order chi connectivity index (χ1) is 17.4. The van der Waals surface area contributed by atoms with Gasteiger partial charge in [-0.05, 0) is 18.2 Å². The Bertz CT molecular complexity index is 1630. The normalized spacial score (nSPS) is 11.2. The summed E-state index contributed by atoms with van der Waals surface area (Å²) in [5.74, 6) is -9.12. The minimum atomic E-state index is -2.13. The molecule has 0 amide bonds. The average Bonchev–Trinajstić information content (AvgIpc) is 2.83. The van der Waals surface area contributed by atoms with Gasteiger partial charge in [0.15, 0.2) is 11.6 Å². The van der Waals surface area contributed by atoms with E-state index in [1.54, 1.807) is 74.1 Å².